The third-order valence-corrected chi connectivity index (χ3v) is 9.93. The highest BCUT2D eigenvalue weighted by Crippen LogP contribution is 2.15. The number of esters is 1. The van der Waals surface area contributed by atoms with Crippen LogP contribution in [0, 0.1) is 0 Å². The number of carbonyl (C=O) groups excluding carboxylic acids is 2. The summed E-state index contributed by atoms with van der Waals surface area (Å²) in [6.07, 6.45) is 64.3. The van der Waals surface area contributed by atoms with Crippen molar-refractivity contribution in [3.05, 3.63) is 122 Å². The average molecular weight is 830 g/mol. The standard InChI is InChI=1S/C54H87NO5/c1-4-7-10-13-16-19-22-24-26-27-29-32-35-38-41-44-47-54(59)60-50(45-42-39-36-33-30-21-18-15-12-9-6-3)48-53(58)55-51(49-56)52(57)46-43-40-37-34-31-28-25-23-20-17-14-11-8-5-2/h7,9-10,12,15-16,18-19,21,24,26,29-30,32-33,36,38-39,41-42,50-52,56-57H,4-6,8,11,13-14,17,20,22-23,25,27-28,31,34-35,37,40,43-49H2,1-3H3,(H,55,58)/b10-7+,12-9+,18-15+,19-16+,26-24+,30-21-,32-29+,36-33-,41-38+,42-39+. The van der Waals surface area contributed by atoms with Crippen LogP contribution >= 0.6 is 0 Å². The molecule has 0 aromatic carbocycles. The molecule has 3 unspecified atom stereocenters. The van der Waals surface area contributed by atoms with Crippen molar-refractivity contribution in [3.63, 3.8) is 0 Å². The summed E-state index contributed by atoms with van der Waals surface area (Å²) < 4.78 is 5.78. The Morgan fingerprint density at radius 3 is 1.45 bits per heavy atom. The molecule has 60 heavy (non-hydrogen) atoms. The molecule has 0 aliphatic carbocycles. The van der Waals surface area contributed by atoms with E-state index in [9.17, 15) is 19.8 Å². The molecule has 0 saturated heterocycles. The van der Waals surface area contributed by atoms with Gasteiger partial charge in [0.1, 0.15) is 6.10 Å². The third kappa shape index (κ3) is 41.0. The number of aliphatic hydroxyl groups excluding tert-OH is 2. The highest BCUT2D eigenvalue weighted by molar-refractivity contribution is 5.77. The van der Waals surface area contributed by atoms with E-state index < -0.39 is 18.2 Å². The van der Waals surface area contributed by atoms with Crippen LogP contribution < -0.4 is 5.32 Å². The summed E-state index contributed by atoms with van der Waals surface area (Å²) in [5.41, 5.74) is 0. The Kier molecular flexibility index (Phi) is 43.4. The summed E-state index contributed by atoms with van der Waals surface area (Å²) in [6, 6.07) is -0.761. The first-order valence-electron chi connectivity index (χ1n) is 23.8. The topological polar surface area (TPSA) is 95.9 Å². The van der Waals surface area contributed by atoms with E-state index in [1.165, 1.54) is 70.6 Å². The first kappa shape index (κ1) is 56.3. The molecule has 0 radical (unpaired) electrons. The summed E-state index contributed by atoms with van der Waals surface area (Å²) in [5.74, 6) is -0.721. The van der Waals surface area contributed by atoms with Crippen LogP contribution in [0.3, 0.4) is 0 Å². The molecular weight excluding hydrogens is 743 g/mol. The van der Waals surface area contributed by atoms with E-state index in [0.29, 0.717) is 19.3 Å². The largest absolute Gasteiger partial charge is 0.461 e. The second-order valence-electron chi connectivity index (χ2n) is 15.5. The minimum absolute atomic E-state index is 0.0560. The molecule has 0 aromatic rings. The van der Waals surface area contributed by atoms with Gasteiger partial charge < -0.3 is 20.3 Å². The van der Waals surface area contributed by atoms with Gasteiger partial charge in [-0.2, -0.15) is 0 Å². The smallest absolute Gasteiger partial charge is 0.306 e. The van der Waals surface area contributed by atoms with Crippen molar-refractivity contribution in [3.8, 4) is 0 Å². The van der Waals surface area contributed by atoms with Gasteiger partial charge in [-0.1, -0.05) is 232 Å². The summed E-state index contributed by atoms with van der Waals surface area (Å²) >= 11 is 0. The molecule has 0 bridgehead atoms. The van der Waals surface area contributed by atoms with E-state index >= 15 is 0 Å². The van der Waals surface area contributed by atoms with E-state index in [2.05, 4.69) is 80.8 Å². The van der Waals surface area contributed by atoms with Crippen molar-refractivity contribution in [2.75, 3.05) is 6.61 Å². The molecule has 0 fully saturated rings. The van der Waals surface area contributed by atoms with Crippen LogP contribution in [0.4, 0.5) is 0 Å². The SMILES string of the molecule is CC/C=C/C=C/C=C\C=C/C=C/CC(CC(=O)NC(CO)C(O)CCCCCCCCCCCCCCCC)OC(=O)CC/C=C/C/C=C/C/C=C/C/C=C/C/C=C/CC. The van der Waals surface area contributed by atoms with Crippen molar-refractivity contribution in [1.29, 1.82) is 0 Å². The monoisotopic (exact) mass is 830 g/mol. The lowest BCUT2D eigenvalue weighted by Crippen LogP contribution is -2.46. The highest BCUT2D eigenvalue weighted by atomic mass is 16.5. The second kappa shape index (κ2) is 46.3. The molecule has 0 spiro atoms. The molecule has 338 valence electrons. The summed E-state index contributed by atoms with van der Waals surface area (Å²) in [7, 11) is 0. The van der Waals surface area contributed by atoms with E-state index in [4.69, 9.17) is 4.74 Å². The first-order valence-corrected chi connectivity index (χ1v) is 23.8. The lowest BCUT2D eigenvalue weighted by atomic mass is 10.0. The average Bonchev–Trinajstić information content (AvgIpc) is 3.24. The predicted octanol–water partition coefficient (Wildman–Crippen LogP) is 14.1. The number of rotatable bonds is 40. The van der Waals surface area contributed by atoms with Crippen LogP contribution in [0.15, 0.2) is 122 Å². The van der Waals surface area contributed by atoms with E-state index in [-0.39, 0.29) is 31.3 Å². The van der Waals surface area contributed by atoms with Gasteiger partial charge in [-0.3, -0.25) is 9.59 Å². The molecule has 0 saturated carbocycles. The Bertz CT molecular complexity index is 1300. The van der Waals surface area contributed by atoms with Crippen molar-refractivity contribution in [2.45, 2.75) is 200 Å². The zero-order valence-corrected chi connectivity index (χ0v) is 38.3. The number of hydrogen-bond donors (Lipinski definition) is 3. The van der Waals surface area contributed by atoms with E-state index in [1.54, 1.807) is 0 Å². The van der Waals surface area contributed by atoms with Crippen molar-refractivity contribution >= 4 is 11.9 Å². The van der Waals surface area contributed by atoms with E-state index in [0.717, 1.165) is 57.8 Å². The maximum absolute atomic E-state index is 13.1. The maximum atomic E-state index is 13.1. The van der Waals surface area contributed by atoms with Crippen LogP contribution in [-0.2, 0) is 14.3 Å². The fraction of sp³-hybridized carbons (Fsp3) is 0.593. The zero-order chi connectivity index (χ0) is 43.8. The Morgan fingerprint density at radius 2 is 0.967 bits per heavy atom. The number of aliphatic hydroxyl groups is 2. The van der Waals surface area contributed by atoms with Crippen molar-refractivity contribution < 1.29 is 24.5 Å². The number of ether oxygens (including phenoxy) is 1. The molecule has 0 aliphatic rings. The molecule has 3 N–H and O–H groups in total. The second-order valence-corrected chi connectivity index (χ2v) is 15.5. The van der Waals surface area contributed by atoms with Gasteiger partial charge in [0.25, 0.3) is 0 Å². The fourth-order valence-corrected chi connectivity index (χ4v) is 6.38. The molecule has 0 rings (SSSR count). The summed E-state index contributed by atoms with van der Waals surface area (Å²) in [6.45, 7) is 6.14. The molecule has 0 heterocycles. The molecular formula is C54H87NO5. The summed E-state index contributed by atoms with van der Waals surface area (Å²) in [5, 5.41) is 23.6. The van der Waals surface area contributed by atoms with Gasteiger partial charge in [0, 0.05) is 12.8 Å². The minimum atomic E-state index is -0.837. The zero-order valence-electron chi connectivity index (χ0n) is 38.3. The first-order chi connectivity index (χ1) is 29.5. The van der Waals surface area contributed by atoms with Crippen molar-refractivity contribution in [1.82, 2.24) is 5.32 Å². The number of allylic oxidation sites excluding steroid dienone is 19. The predicted molar refractivity (Wildman–Crippen MR) is 259 cm³/mol. The Balaban J connectivity index is 4.80. The van der Waals surface area contributed by atoms with Crippen LogP contribution in [0.1, 0.15) is 181 Å². The lowest BCUT2D eigenvalue weighted by molar-refractivity contribution is -0.150. The quantitative estimate of drug-likeness (QED) is 0.0247. The van der Waals surface area contributed by atoms with Gasteiger partial charge in [-0.15, -0.1) is 0 Å². The number of amides is 1. The molecule has 0 aliphatic heterocycles. The number of hydrogen-bond acceptors (Lipinski definition) is 5. The van der Waals surface area contributed by atoms with Gasteiger partial charge in [-0.25, -0.2) is 0 Å². The fourth-order valence-electron chi connectivity index (χ4n) is 6.38. The van der Waals surface area contributed by atoms with Crippen LogP contribution in [-0.4, -0.2) is 46.9 Å². The molecule has 0 aromatic heterocycles. The molecule has 6 heteroatoms. The van der Waals surface area contributed by atoms with Gasteiger partial charge in [0.2, 0.25) is 5.91 Å². The summed E-state index contributed by atoms with van der Waals surface area (Å²) in [4.78, 5) is 25.9. The number of unbranched alkanes of at least 4 members (excludes halogenated alkanes) is 13. The lowest BCUT2D eigenvalue weighted by Gasteiger charge is -2.24. The van der Waals surface area contributed by atoms with E-state index in [1.807, 2.05) is 66.8 Å². The Hall–Kier alpha value is -3.74. The van der Waals surface area contributed by atoms with Crippen LogP contribution in [0.5, 0.6) is 0 Å². The highest BCUT2D eigenvalue weighted by Gasteiger charge is 2.23. The van der Waals surface area contributed by atoms with Gasteiger partial charge in [0.15, 0.2) is 0 Å². The number of nitrogens with one attached hydrogen (secondary N) is 1. The van der Waals surface area contributed by atoms with Gasteiger partial charge in [0.05, 0.1) is 25.2 Å². The minimum Gasteiger partial charge on any atom is -0.461 e. The Labute approximate surface area is 368 Å². The maximum Gasteiger partial charge on any atom is 0.306 e. The molecule has 1 amide bonds. The molecule has 3 atom stereocenters. The van der Waals surface area contributed by atoms with Gasteiger partial charge in [-0.05, 0) is 51.4 Å². The van der Waals surface area contributed by atoms with Gasteiger partial charge >= 0.3 is 5.97 Å². The Morgan fingerprint density at radius 1 is 0.533 bits per heavy atom. The third-order valence-electron chi connectivity index (χ3n) is 9.93. The van der Waals surface area contributed by atoms with Crippen molar-refractivity contribution in [2.24, 2.45) is 0 Å². The number of carbonyl (C=O) groups is 2. The normalized spacial score (nSPS) is 14.4. The van der Waals surface area contributed by atoms with Crippen LogP contribution in [0.25, 0.3) is 0 Å². The van der Waals surface area contributed by atoms with Crippen LogP contribution in [0.2, 0.25) is 0 Å². The molecule has 6 nitrogen and oxygen atoms in total.